The highest BCUT2D eigenvalue weighted by Crippen LogP contribution is 2.26. The molecule has 0 aliphatic rings. The van der Waals surface area contributed by atoms with Crippen LogP contribution in [0.2, 0.25) is 0 Å². The van der Waals surface area contributed by atoms with E-state index >= 15 is 0 Å². The quantitative estimate of drug-likeness (QED) is 0.491. The molecule has 20 heavy (non-hydrogen) atoms. The van der Waals surface area contributed by atoms with E-state index in [1.807, 2.05) is 6.07 Å². The van der Waals surface area contributed by atoms with E-state index in [1.54, 1.807) is 18.3 Å². The van der Waals surface area contributed by atoms with Crippen molar-refractivity contribution in [1.29, 1.82) is 0 Å². The average molecular weight is 374 g/mol. The molecule has 2 rings (SSSR count). The molecule has 2 aromatic rings. The number of hydrogen-bond donors (Lipinski definition) is 1. The Morgan fingerprint density at radius 1 is 1.60 bits per heavy atom. The maximum absolute atomic E-state index is 11.6. The van der Waals surface area contributed by atoms with Gasteiger partial charge < -0.3 is 10.5 Å². The van der Waals surface area contributed by atoms with Crippen molar-refractivity contribution in [3.8, 4) is 0 Å². The lowest BCUT2D eigenvalue weighted by Gasteiger charge is -2.05. The first-order chi connectivity index (χ1) is 9.60. The molecule has 0 bridgehead atoms. The van der Waals surface area contributed by atoms with Gasteiger partial charge in [-0.2, -0.15) is 0 Å². The molecule has 106 valence electrons. The van der Waals surface area contributed by atoms with Crippen LogP contribution in [0.5, 0.6) is 0 Å². The number of anilines is 1. The number of thiophene rings is 1. The van der Waals surface area contributed by atoms with Crippen molar-refractivity contribution in [2.45, 2.75) is 17.8 Å². The molecule has 0 unspecified atom stereocenters. The zero-order valence-corrected chi connectivity index (χ0v) is 13.8. The number of esters is 1. The zero-order valence-electron chi connectivity index (χ0n) is 10.6. The summed E-state index contributed by atoms with van der Waals surface area (Å²) in [5.74, 6) is 0.399. The van der Waals surface area contributed by atoms with Crippen LogP contribution in [0.3, 0.4) is 0 Å². The number of halogens is 1. The van der Waals surface area contributed by atoms with Crippen molar-refractivity contribution in [1.82, 2.24) is 9.97 Å². The Morgan fingerprint density at radius 3 is 3.00 bits per heavy atom. The maximum atomic E-state index is 11.6. The first-order valence-corrected chi connectivity index (χ1v) is 8.41. The van der Waals surface area contributed by atoms with Crippen LogP contribution in [0.25, 0.3) is 0 Å². The van der Waals surface area contributed by atoms with Gasteiger partial charge in [-0.3, -0.25) is 0 Å². The number of thioether (sulfide) groups is 1. The molecule has 0 atom stereocenters. The van der Waals surface area contributed by atoms with Crippen LogP contribution in [0, 0.1) is 0 Å². The second kappa shape index (κ2) is 7.05. The van der Waals surface area contributed by atoms with Crippen LogP contribution in [0.1, 0.15) is 22.8 Å². The highest BCUT2D eigenvalue weighted by atomic mass is 79.9. The molecule has 2 aromatic heterocycles. The summed E-state index contributed by atoms with van der Waals surface area (Å²) in [5, 5.41) is 2.60. The second-order valence-electron chi connectivity index (χ2n) is 3.72. The van der Waals surface area contributed by atoms with Gasteiger partial charge in [0.05, 0.1) is 10.4 Å². The molecule has 0 saturated heterocycles. The molecule has 5 nitrogen and oxygen atoms in total. The lowest BCUT2D eigenvalue weighted by atomic mass is 10.3. The van der Waals surface area contributed by atoms with E-state index in [4.69, 9.17) is 10.5 Å². The lowest BCUT2D eigenvalue weighted by molar-refractivity contribution is 0.0526. The summed E-state index contributed by atoms with van der Waals surface area (Å²) >= 11 is 6.51. The molecule has 0 fully saturated rings. The van der Waals surface area contributed by atoms with E-state index in [2.05, 4.69) is 31.3 Å². The molecule has 0 aromatic carbocycles. The zero-order chi connectivity index (χ0) is 14.5. The van der Waals surface area contributed by atoms with Gasteiger partial charge in [0.25, 0.3) is 0 Å². The van der Waals surface area contributed by atoms with Crippen LogP contribution in [-0.4, -0.2) is 22.5 Å². The summed E-state index contributed by atoms with van der Waals surface area (Å²) in [6, 6.07) is 2.05. The van der Waals surface area contributed by atoms with Gasteiger partial charge >= 0.3 is 5.97 Å². The van der Waals surface area contributed by atoms with E-state index in [1.165, 1.54) is 23.5 Å². The van der Waals surface area contributed by atoms with E-state index in [0.29, 0.717) is 11.8 Å². The number of hydrogen-bond acceptors (Lipinski definition) is 7. The Hall–Kier alpha value is -1.12. The smallest absolute Gasteiger partial charge is 0.343 e. The number of ether oxygens (including phenoxy) is 1. The van der Waals surface area contributed by atoms with E-state index in [9.17, 15) is 4.79 Å². The lowest BCUT2D eigenvalue weighted by Crippen LogP contribution is -2.10. The highest BCUT2D eigenvalue weighted by molar-refractivity contribution is 9.11. The monoisotopic (exact) mass is 373 g/mol. The third-order valence-corrected chi connectivity index (χ3v) is 4.77. The molecule has 0 saturated carbocycles. The van der Waals surface area contributed by atoms with Crippen molar-refractivity contribution in [2.75, 3.05) is 12.3 Å². The Kier molecular flexibility index (Phi) is 5.38. The predicted octanol–water partition coefficient (Wildman–Crippen LogP) is 3.35. The summed E-state index contributed by atoms with van der Waals surface area (Å²) in [6.07, 6.45) is 1.41. The van der Waals surface area contributed by atoms with Crippen LogP contribution in [0.15, 0.2) is 26.6 Å². The molecular formula is C12H12BrN3O2S2. The third kappa shape index (κ3) is 3.94. The summed E-state index contributed by atoms with van der Waals surface area (Å²) in [6.45, 7) is 2.03. The van der Waals surface area contributed by atoms with Crippen molar-refractivity contribution >= 4 is 50.8 Å². The van der Waals surface area contributed by atoms with Crippen molar-refractivity contribution in [3.05, 3.63) is 32.6 Å². The van der Waals surface area contributed by atoms with Crippen LogP contribution < -0.4 is 5.73 Å². The highest BCUT2D eigenvalue weighted by Gasteiger charge is 2.13. The van der Waals surface area contributed by atoms with E-state index in [0.717, 1.165) is 9.54 Å². The second-order valence-corrected chi connectivity index (χ2v) is 6.95. The fourth-order valence-electron chi connectivity index (χ4n) is 1.38. The molecule has 2 N–H and O–H groups in total. The maximum Gasteiger partial charge on any atom is 0.343 e. The molecule has 8 heteroatoms. The first-order valence-electron chi connectivity index (χ1n) is 5.75. The number of nitrogens with zero attached hydrogens (tertiary/aromatic N) is 2. The standard InChI is InChI=1S/C12H12BrN3O2S2/c1-2-18-11(17)8-4-15-12(16-10(8)14)20-6-7-3-9(13)19-5-7/h3-5H,2,6H2,1H3,(H2,14,15,16). The van der Waals surface area contributed by atoms with Gasteiger partial charge in [-0.15, -0.1) is 11.3 Å². The van der Waals surface area contributed by atoms with Crippen molar-refractivity contribution < 1.29 is 9.53 Å². The number of carbonyl (C=O) groups excluding carboxylic acids is 1. The number of nitrogens with two attached hydrogens (primary N) is 1. The van der Waals surface area contributed by atoms with Gasteiger partial charge in [-0.05, 0) is 39.9 Å². The SMILES string of the molecule is CCOC(=O)c1cnc(SCc2csc(Br)c2)nc1N. The minimum absolute atomic E-state index is 0.146. The summed E-state index contributed by atoms with van der Waals surface area (Å²) in [5.41, 5.74) is 7.14. The fraction of sp³-hybridized carbons (Fsp3) is 0.250. The van der Waals surface area contributed by atoms with Crippen molar-refractivity contribution in [3.63, 3.8) is 0 Å². The molecule has 2 heterocycles. The molecule has 0 aliphatic carbocycles. The van der Waals surface area contributed by atoms with Crippen LogP contribution >= 0.6 is 39.0 Å². The average Bonchev–Trinajstić information content (AvgIpc) is 2.82. The summed E-state index contributed by atoms with van der Waals surface area (Å²) in [4.78, 5) is 19.8. The first kappa shape index (κ1) is 15.3. The van der Waals surface area contributed by atoms with E-state index < -0.39 is 5.97 Å². The Bertz CT molecular complexity index is 618. The number of nitrogen functional groups attached to an aromatic ring is 1. The van der Waals surface area contributed by atoms with Crippen molar-refractivity contribution in [2.24, 2.45) is 0 Å². The summed E-state index contributed by atoms with van der Waals surface area (Å²) < 4.78 is 5.96. The topological polar surface area (TPSA) is 78.1 Å². The number of aromatic nitrogens is 2. The van der Waals surface area contributed by atoms with Crippen LogP contribution in [0.4, 0.5) is 5.82 Å². The number of rotatable bonds is 5. The minimum atomic E-state index is -0.497. The molecule has 0 amide bonds. The normalized spacial score (nSPS) is 10.5. The largest absolute Gasteiger partial charge is 0.462 e. The van der Waals surface area contributed by atoms with Gasteiger partial charge in [-0.25, -0.2) is 14.8 Å². The molecular weight excluding hydrogens is 362 g/mol. The molecule has 0 radical (unpaired) electrons. The van der Waals surface area contributed by atoms with E-state index in [-0.39, 0.29) is 11.4 Å². The van der Waals surface area contributed by atoms with Gasteiger partial charge in [0.2, 0.25) is 0 Å². The minimum Gasteiger partial charge on any atom is -0.462 e. The third-order valence-electron chi connectivity index (χ3n) is 2.28. The molecule has 0 aliphatic heterocycles. The van der Waals surface area contributed by atoms with Gasteiger partial charge in [0.1, 0.15) is 11.4 Å². The summed E-state index contributed by atoms with van der Waals surface area (Å²) in [7, 11) is 0. The Balaban J connectivity index is 2.03. The van der Waals surface area contributed by atoms with Gasteiger partial charge in [-0.1, -0.05) is 11.8 Å². The predicted molar refractivity (Wildman–Crippen MR) is 84.0 cm³/mol. The Morgan fingerprint density at radius 2 is 2.40 bits per heavy atom. The number of carbonyl (C=O) groups is 1. The van der Waals surface area contributed by atoms with Gasteiger partial charge in [0.15, 0.2) is 5.16 Å². The fourth-order valence-corrected chi connectivity index (χ4v) is 3.45. The van der Waals surface area contributed by atoms with Gasteiger partial charge in [0, 0.05) is 11.9 Å². The van der Waals surface area contributed by atoms with Crippen LogP contribution in [-0.2, 0) is 10.5 Å². The molecule has 0 spiro atoms. The Labute approximate surface area is 133 Å².